The van der Waals surface area contributed by atoms with Crippen LogP contribution in [-0.2, 0) is 25.8 Å². The fourth-order valence-electron chi connectivity index (χ4n) is 4.66. The molecule has 1 heterocycles. The van der Waals surface area contributed by atoms with Crippen molar-refractivity contribution in [2.75, 3.05) is 0 Å². The zero-order chi connectivity index (χ0) is 24.6. The number of pyridine rings is 1. The van der Waals surface area contributed by atoms with Gasteiger partial charge in [0.2, 0.25) is 0 Å². The molecule has 0 aliphatic carbocycles. The minimum Gasteiger partial charge on any atom is -0.312 e. The molecule has 0 fully saturated rings. The summed E-state index contributed by atoms with van der Waals surface area (Å²) in [7, 11) is 0. The Morgan fingerprint density at radius 1 is 0.857 bits per heavy atom. The third-order valence-corrected chi connectivity index (χ3v) is 6.66. The van der Waals surface area contributed by atoms with Gasteiger partial charge in [0, 0.05) is 24.2 Å². The Bertz CT molecular complexity index is 1380. The van der Waals surface area contributed by atoms with Crippen LogP contribution in [0.25, 0.3) is 11.1 Å². The molecule has 0 N–H and O–H groups in total. The van der Waals surface area contributed by atoms with E-state index in [1.807, 2.05) is 54.0 Å². The van der Waals surface area contributed by atoms with Gasteiger partial charge in [-0.2, -0.15) is 5.26 Å². The van der Waals surface area contributed by atoms with Crippen LogP contribution in [0.15, 0.2) is 89.7 Å². The van der Waals surface area contributed by atoms with E-state index in [9.17, 15) is 10.1 Å². The van der Waals surface area contributed by atoms with Gasteiger partial charge in [-0.1, -0.05) is 86.1 Å². The lowest BCUT2D eigenvalue weighted by Crippen LogP contribution is -2.28. The van der Waals surface area contributed by atoms with Crippen LogP contribution in [0.4, 0.5) is 0 Å². The van der Waals surface area contributed by atoms with Crippen LogP contribution in [0.5, 0.6) is 0 Å². The quantitative estimate of drug-likeness (QED) is 0.273. The predicted molar refractivity (Wildman–Crippen MR) is 144 cm³/mol. The number of nitrogens with zero attached hydrogens (tertiary/aromatic N) is 2. The number of aromatic nitrogens is 1. The van der Waals surface area contributed by atoms with Crippen molar-refractivity contribution in [3.05, 3.63) is 129 Å². The van der Waals surface area contributed by atoms with E-state index in [1.54, 1.807) is 0 Å². The van der Waals surface area contributed by atoms with Crippen molar-refractivity contribution in [2.45, 2.75) is 52.5 Å². The van der Waals surface area contributed by atoms with Gasteiger partial charge in [0.1, 0.15) is 0 Å². The number of unbranched alkanes of at least 4 members (excludes halogenated alkanes) is 1. The van der Waals surface area contributed by atoms with Gasteiger partial charge in [-0.3, -0.25) is 4.79 Å². The standard InChI is InChI=1S/C32H32N2O/c1-3-4-12-28-21-24(2)34(20-19-25-10-6-5-7-11-25)32(35)31(28)22-26-15-17-27(18-16-26)30-14-9-8-13-29(30)23-33/h5-11,13-18,21H,3-4,12,19-20,22H2,1-2H3. The number of benzene rings is 3. The Kier molecular flexibility index (Phi) is 7.95. The van der Waals surface area contributed by atoms with Crippen LogP contribution < -0.4 is 5.56 Å². The van der Waals surface area contributed by atoms with E-state index in [0.717, 1.165) is 53.6 Å². The van der Waals surface area contributed by atoms with Crippen LogP contribution in [-0.4, -0.2) is 4.57 Å². The van der Waals surface area contributed by atoms with Gasteiger partial charge in [-0.15, -0.1) is 0 Å². The van der Waals surface area contributed by atoms with Gasteiger partial charge in [-0.25, -0.2) is 0 Å². The molecular formula is C32H32N2O. The van der Waals surface area contributed by atoms with Crippen molar-refractivity contribution < 1.29 is 0 Å². The molecule has 0 unspecified atom stereocenters. The maximum Gasteiger partial charge on any atom is 0.254 e. The summed E-state index contributed by atoms with van der Waals surface area (Å²) < 4.78 is 1.94. The molecule has 0 radical (unpaired) electrons. The van der Waals surface area contributed by atoms with Gasteiger partial charge in [0.25, 0.3) is 5.56 Å². The summed E-state index contributed by atoms with van der Waals surface area (Å²) in [6.07, 6.45) is 4.55. The minimum atomic E-state index is 0.130. The van der Waals surface area contributed by atoms with E-state index < -0.39 is 0 Å². The molecule has 176 valence electrons. The Morgan fingerprint density at radius 2 is 1.57 bits per heavy atom. The Hall–Kier alpha value is -3.90. The maximum absolute atomic E-state index is 13.7. The summed E-state index contributed by atoms with van der Waals surface area (Å²) in [5.74, 6) is 0. The van der Waals surface area contributed by atoms with Crippen molar-refractivity contribution in [3.8, 4) is 17.2 Å². The minimum absolute atomic E-state index is 0.130. The van der Waals surface area contributed by atoms with Crippen LogP contribution in [0, 0.1) is 18.3 Å². The SMILES string of the molecule is CCCCc1cc(C)n(CCc2ccccc2)c(=O)c1Cc1ccc(-c2ccccc2C#N)cc1. The zero-order valence-electron chi connectivity index (χ0n) is 20.6. The monoisotopic (exact) mass is 460 g/mol. The van der Waals surface area contributed by atoms with Crippen LogP contribution in [0.2, 0.25) is 0 Å². The second-order valence-electron chi connectivity index (χ2n) is 9.12. The van der Waals surface area contributed by atoms with Gasteiger partial charge in [0.15, 0.2) is 0 Å². The molecule has 0 spiro atoms. The van der Waals surface area contributed by atoms with Crippen molar-refractivity contribution in [1.29, 1.82) is 5.26 Å². The molecule has 3 heteroatoms. The Labute approximate surface area is 208 Å². The molecule has 0 saturated heterocycles. The number of nitriles is 1. The number of hydrogen-bond donors (Lipinski definition) is 0. The van der Waals surface area contributed by atoms with Crippen molar-refractivity contribution in [2.24, 2.45) is 0 Å². The van der Waals surface area contributed by atoms with Crippen LogP contribution in [0.1, 0.15) is 53.3 Å². The first-order valence-corrected chi connectivity index (χ1v) is 12.4. The second-order valence-corrected chi connectivity index (χ2v) is 9.12. The van der Waals surface area contributed by atoms with E-state index in [2.05, 4.69) is 55.5 Å². The molecule has 1 aromatic heterocycles. The summed E-state index contributed by atoms with van der Waals surface area (Å²) in [5, 5.41) is 9.44. The highest BCUT2D eigenvalue weighted by atomic mass is 16.1. The summed E-state index contributed by atoms with van der Waals surface area (Å²) in [4.78, 5) is 13.7. The fourth-order valence-corrected chi connectivity index (χ4v) is 4.66. The average Bonchev–Trinajstić information content (AvgIpc) is 2.90. The fraction of sp³-hybridized carbons (Fsp3) is 0.250. The van der Waals surface area contributed by atoms with Crippen LogP contribution in [0.3, 0.4) is 0 Å². The molecule has 0 atom stereocenters. The van der Waals surface area contributed by atoms with E-state index in [0.29, 0.717) is 18.5 Å². The molecule has 3 nitrogen and oxygen atoms in total. The Morgan fingerprint density at radius 3 is 2.29 bits per heavy atom. The van der Waals surface area contributed by atoms with E-state index in [4.69, 9.17) is 0 Å². The van der Waals surface area contributed by atoms with E-state index in [-0.39, 0.29) is 5.56 Å². The van der Waals surface area contributed by atoms with Crippen LogP contribution >= 0.6 is 0 Å². The average molecular weight is 461 g/mol. The largest absolute Gasteiger partial charge is 0.312 e. The topological polar surface area (TPSA) is 45.8 Å². The lowest BCUT2D eigenvalue weighted by Gasteiger charge is -2.17. The molecule has 0 amide bonds. The molecule has 0 saturated carbocycles. The summed E-state index contributed by atoms with van der Waals surface area (Å²) in [6, 6.07) is 30.8. The molecule has 0 aliphatic heterocycles. The maximum atomic E-state index is 13.7. The summed E-state index contributed by atoms with van der Waals surface area (Å²) in [5.41, 5.74) is 8.20. The van der Waals surface area contributed by atoms with E-state index >= 15 is 0 Å². The predicted octanol–water partition coefficient (Wildman–Crippen LogP) is 6.87. The summed E-state index contributed by atoms with van der Waals surface area (Å²) in [6.45, 7) is 4.91. The molecule has 35 heavy (non-hydrogen) atoms. The van der Waals surface area contributed by atoms with Gasteiger partial charge in [-0.05, 0) is 66.1 Å². The lowest BCUT2D eigenvalue weighted by molar-refractivity contribution is 0.637. The van der Waals surface area contributed by atoms with Crippen molar-refractivity contribution in [1.82, 2.24) is 4.57 Å². The number of hydrogen-bond acceptors (Lipinski definition) is 2. The Balaban J connectivity index is 1.64. The van der Waals surface area contributed by atoms with Gasteiger partial charge >= 0.3 is 0 Å². The molecule has 0 aliphatic rings. The van der Waals surface area contributed by atoms with E-state index in [1.165, 1.54) is 11.1 Å². The molecule has 0 bridgehead atoms. The van der Waals surface area contributed by atoms with Gasteiger partial charge < -0.3 is 4.57 Å². The lowest BCUT2D eigenvalue weighted by atomic mass is 9.94. The first-order chi connectivity index (χ1) is 17.1. The normalized spacial score (nSPS) is 10.8. The smallest absolute Gasteiger partial charge is 0.254 e. The second kappa shape index (κ2) is 11.5. The van der Waals surface area contributed by atoms with Crippen molar-refractivity contribution >= 4 is 0 Å². The zero-order valence-corrected chi connectivity index (χ0v) is 20.6. The third kappa shape index (κ3) is 5.78. The molecule has 3 aromatic carbocycles. The first kappa shape index (κ1) is 24.2. The number of rotatable bonds is 9. The number of aryl methyl sites for hydroxylation is 3. The third-order valence-electron chi connectivity index (χ3n) is 6.66. The molecule has 4 aromatic rings. The molecule has 4 rings (SSSR count). The summed E-state index contributed by atoms with van der Waals surface area (Å²) >= 11 is 0. The van der Waals surface area contributed by atoms with Crippen molar-refractivity contribution in [3.63, 3.8) is 0 Å². The van der Waals surface area contributed by atoms with Gasteiger partial charge in [0.05, 0.1) is 11.6 Å². The highest BCUT2D eigenvalue weighted by molar-refractivity contribution is 5.70. The molecular weight excluding hydrogens is 428 g/mol. The highest BCUT2D eigenvalue weighted by Crippen LogP contribution is 2.24. The highest BCUT2D eigenvalue weighted by Gasteiger charge is 2.14. The first-order valence-electron chi connectivity index (χ1n) is 12.4.